The minimum absolute atomic E-state index is 0.00840. The van der Waals surface area contributed by atoms with Crippen molar-refractivity contribution in [2.75, 3.05) is 18.5 Å². The number of benzene rings is 1. The van der Waals surface area contributed by atoms with E-state index in [9.17, 15) is 14.7 Å². The van der Waals surface area contributed by atoms with E-state index in [2.05, 4.69) is 15.3 Å². The van der Waals surface area contributed by atoms with Crippen LogP contribution in [0.3, 0.4) is 0 Å². The van der Waals surface area contributed by atoms with Crippen molar-refractivity contribution in [1.82, 2.24) is 9.97 Å². The Labute approximate surface area is 202 Å². The number of hydrogen-bond donors (Lipinski definition) is 3. The quantitative estimate of drug-likeness (QED) is 0.254. The fourth-order valence-corrected chi connectivity index (χ4v) is 3.49. The summed E-state index contributed by atoms with van der Waals surface area (Å²) in [6.45, 7) is 7.07. The summed E-state index contributed by atoms with van der Waals surface area (Å²) in [4.78, 5) is 33.1. The lowest BCUT2D eigenvalue weighted by Crippen LogP contribution is -2.27. The van der Waals surface area contributed by atoms with Crippen LogP contribution in [-0.4, -0.2) is 45.6 Å². The van der Waals surface area contributed by atoms with Crippen molar-refractivity contribution < 1.29 is 28.9 Å². The standard InChI is InChI=1S/C26H27N3O6/c1-5-33-25(31)21-22(30)20(12-16-13-28-23-18(16)7-6-10-27-23)35-24(21)29-19-9-8-17(11-15(19)2)34-14-26(3,4)32/h6-13,29,32H,5,14H2,1-4H3,(H,27,28). The second-order valence-electron chi connectivity index (χ2n) is 8.71. The van der Waals surface area contributed by atoms with Crippen LogP contribution in [0.2, 0.25) is 0 Å². The summed E-state index contributed by atoms with van der Waals surface area (Å²) >= 11 is 0. The van der Waals surface area contributed by atoms with Gasteiger partial charge in [0.2, 0.25) is 11.7 Å². The Hall–Kier alpha value is -4.11. The number of fused-ring (bicyclic) bond motifs is 1. The molecule has 0 radical (unpaired) electrons. The van der Waals surface area contributed by atoms with Crippen molar-refractivity contribution in [3.8, 4) is 5.75 Å². The molecule has 3 aromatic rings. The summed E-state index contributed by atoms with van der Waals surface area (Å²) in [5.41, 5.74) is 1.59. The molecule has 0 fully saturated rings. The summed E-state index contributed by atoms with van der Waals surface area (Å²) in [5, 5.41) is 13.7. The van der Waals surface area contributed by atoms with Crippen molar-refractivity contribution in [2.24, 2.45) is 0 Å². The molecule has 0 bridgehead atoms. The Morgan fingerprint density at radius 1 is 1.31 bits per heavy atom. The number of esters is 1. The first-order valence-electron chi connectivity index (χ1n) is 11.2. The van der Waals surface area contributed by atoms with E-state index in [1.165, 1.54) is 0 Å². The van der Waals surface area contributed by atoms with Crippen LogP contribution in [0.25, 0.3) is 17.1 Å². The summed E-state index contributed by atoms with van der Waals surface area (Å²) < 4.78 is 16.6. The molecule has 9 heteroatoms. The Kier molecular flexibility index (Phi) is 6.61. The number of H-pyrrole nitrogens is 1. The number of allylic oxidation sites excluding steroid dienone is 1. The smallest absolute Gasteiger partial charge is 0.347 e. The molecular formula is C26H27N3O6. The van der Waals surface area contributed by atoms with Gasteiger partial charge in [-0.2, -0.15) is 0 Å². The molecule has 1 aliphatic rings. The number of aromatic nitrogens is 2. The number of hydrogen-bond acceptors (Lipinski definition) is 8. The van der Waals surface area contributed by atoms with Crippen LogP contribution in [0.5, 0.6) is 5.75 Å². The Morgan fingerprint density at radius 2 is 2.11 bits per heavy atom. The number of nitrogens with zero attached hydrogens (tertiary/aromatic N) is 1. The van der Waals surface area contributed by atoms with Gasteiger partial charge in [0.25, 0.3) is 0 Å². The Bertz CT molecular complexity index is 1350. The number of carbonyl (C=O) groups excluding carboxylic acids is 2. The van der Waals surface area contributed by atoms with Gasteiger partial charge in [0.05, 0.1) is 12.2 Å². The van der Waals surface area contributed by atoms with Crippen LogP contribution in [0, 0.1) is 6.92 Å². The van der Waals surface area contributed by atoms with E-state index >= 15 is 0 Å². The minimum atomic E-state index is -0.966. The summed E-state index contributed by atoms with van der Waals surface area (Å²) in [5.74, 6) is -0.792. The van der Waals surface area contributed by atoms with Gasteiger partial charge in [0, 0.05) is 29.0 Å². The number of carbonyl (C=O) groups is 2. The Balaban J connectivity index is 1.62. The number of nitrogens with one attached hydrogen (secondary N) is 2. The van der Waals surface area contributed by atoms with Gasteiger partial charge in [-0.1, -0.05) is 0 Å². The zero-order valence-corrected chi connectivity index (χ0v) is 20.0. The second-order valence-corrected chi connectivity index (χ2v) is 8.71. The molecule has 0 amide bonds. The largest absolute Gasteiger partial charge is 0.491 e. The number of Topliss-reactive ketones (excluding diaryl/α,β-unsaturated/α-hetero) is 1. The van der Waals surface area contributed by atoms with E-state index in [1.807, 2.05) is 13.0 Å². The monoisotopic (exact) mass is 477 g/mol. The number of ketones is 1. The zero-order chi connectivity index (χ0) is 25.2. The molecule has 3 heterocycles. The van der Waals surface area contributed by atoms with Gasteiger partial charge in [0.15, 0.2) is 11.3 Å². The summed E-state index contributed by atoms with van der Waals surface area (Å²) in [6, 6.07) is 8.91. The number of aryl methyl sites for hydroxylation is 1. The van der Waals surface area contributed by atoms with E-state index in [-0.39, 0.29) is 30.4 Å². The van der Waals surface area contributed by atoms with Crippen LogP contribution in [0.4, 0.5) is 5.69 Å². The fourth-order valence-electron chi connectivity index (χ4n) is 3.49. The summed E-state index contributed by atoms with van der Waals surface area (Å²) in [7, 11) is 0. The zero-order valence-electron chi connectivity index (χ0n) is 20.0. The van der Waals surface area contributed by atoms with Crippen LogP contribution < -0.4 is 10.1 Å². The van der Waals surface area contributed by atoms with E-state index < -0.39 is 17.4 Å². The molecule has 0 atom stereocenters. The molecule has 35 heavy (non-hydrogen) atoms. The third kappa shape index (κ3) is 5.36. The molecule has 0 spiro atoms. The molecule has 9 nitrogen and oxygen atoms in total. The summed E-state index contributed by atoms with van der Waals surface area (Å²) in [6.07, 6.45) is 4.95. The molecule has 2 aromatic heterocycles. The fraction of sp³-hybridized carbons (Fsp3) is 0.269. The van der Waals surface area contributed by atoms with Gasteiger partial charge in [-0.05, 0) is 69.7 Å². The van der Waals surface area contributed by atoms with E-state index in [4.69, 9.17) is 14.2 Å². The minimum Gasteiger partial charge on any atom is -0.491 e. The van der Waals surface area contributed by atoms with Gasteiger partial charge in [-0.3, -0.25) is 4.79 Å². The highest BCUT2D eigenvalue weighted by Gasteiger charge is 2.37. The second kappa shape index (κ2) is 9.63. The lowest BCUT2D eigenvalue weighted by molar-refractivity contribution is -0.139. The molecule has 0 saturated carbocycles. The molecule has 4 rings (SSSR count). The average molecular weight is 478 g/mol. The SMILES string of the molecule is CCOC(=O)C1=C(Nc2ccc(OCC(C)(C)O)cc2C)OC(=Cc2c[nH]c3ncccc23)C1=O. The highest BCUT2D eigenvalue weighted by molar-refractivity contribution is 6.26. The van der Waals surface area contributed by atoms with Gasteiger partial charge < -0.3 is 29.6 Å². The molecular weight excluding hydrogens is 450 g/mol. The number of anilines is 1. The first kappa shape index (κ1) is 24.0. The topological polar surface area (TPSA) is 123 Å². The van der Waals surface area contributed by atoms with Crippen molar-refractivity contribution in [3.05, 3.63) is 71.1 Å². The van der Waals surface area contributed by atoms with Crippen molar-refractivity contribution in [3.63, 3.8) is 0 Å². The van der Waals surface area contributed by atoms with Crippen molar-refractivity contribution >= 4 is 34.5 Å². The van der Waals surface area contributed by atoms with Gasteiger partial charge in [-0.15, -0.1) is 0 Å². The van der Waals surface area contributed by atoms with Crippen LogP contribution in [-0.2, 0) is 19.1 Å². The number of pyridine rings is 1. The molecule has 3 N–H and O–H groups in total. The van der Waals surface area contributed by atoms with Crippen LogP contribution in [0.15, 0.2) is 59.9 Å². The number of ether oxygens (including phenoxy) is 3. The number of aliphatic hydroxyl groups is 1. The first-order chi connectivity index (χ1) is 16.7. The first-order valence-corrected chi connectivity index (χ1v) is 11.2. The molecule has 1 aliphatic heterocycles. The maximum atomic E-state index is 13.1. The van der Waals surface area contributed by atoms with Gasteiger partial charge >= 0.3 is 5.97 Å². The average Bonchev–Trinajstić information content (AvgIpc) is 3.35. The predicted molar refractivity (Wildman–Crippen MR) is 130 cm³/mol. The lowest BCUT2D eigenvalue weighted by atomic mass is 10.1. The third-order valence-corrected chi connectivity index (χ3v) is 5.18. The van der Waals surface area contributed by atoms with Crippen molar-refractivity contribution in [1.29, 1.82) is 0 Å². The van der Waals surface area contributed by atoms with Crippen molar-refractivity contribution in [2.45, 2.75) is 33.3 Å². The predicted octanol–water partition coefficient (Wildman–Crippen LogP) is 3.85. The Morgan fingerprint density at radius 3 is 2.83 bits per heavy atom. The third-order valence-electron chi connectivity index (χ3n) is 5.18. The highest BCUT2D eigenvalue weighted by Crippen LogP contribution is 2.32. The molecule has 1 aromatic carbocycles. The maximum Gasteiger partial charge on any atom is 0.347 e. The van der Waals surface area contributed by atoms with Crippen LogP contribution in [0.1, 0.15) is 31.9 Å². The maximum absolute atomic E-state index is 13.1. The molecule has 0 saturated heterocycles. The number of aromatic amines is 1. The molecule has 182 valence electrons. The number of rotatable bonds is 8. The van der Waals surface area contributed by atoms with Crippen LogP contribution >= 0.6 is 0 Å². The van der Waals surface area contributed by atoms with E-state index in [0.29, 0.717) is 22.6 Å². The van der Waals surface area contributed by atoms with Gasteiger partial charge in [0.1, 0.15) is 18.0 Å². The lowest BCUT2D eigenvalue weighted by Gasteiger charge is -2.18. The van der Waals surface area contributed by atoms with Gasteiger partial charge in [-0.25, -0.2) is 9.78 Å². The highest BCUT2D eigenvalue weighted by atomic mass is 16.5. The molecule has 0 aliphatic carbocycles. The van der Waals surface area contributed by atoms with E-state index in [1.54, 1.807) is 63.5 Å². The molecule has 0 unspecified atom stereocenters. The normalized spacial score (nSPS) is 15.0. The van der Waals surface area contributed by atoms with E-state index in [0.717, 1.165) is 10.9 Å².